The van der Waals surface area contributed by atoms with Crippen molar-refractivity contribution in [3.05, 3.63) is 11.4 Å². The van der Waals surface area contributed by atoms with Crippen LogP contribution in [0.15, 0.2) is 0 Å². The minimum atomic E-state index is -0.204. The van der Waals surface area contributed by atoms with E-state index in [2.05, 4.69) is 17.1 Å². The Morgan fingerprint density at radius 1 is 1.44 bits per heavy atom. The zero-order valence-corrected chi connectivity index (χ0v) is 12.0. The smallest absolute Gasteiger partial charge is 0.300 e. The summed E-state index contributed by atoms with van der Waals surface area (Å²) in [6.45, 7) is 11.3. The zero-order chi connectivity index (χ0) is 12.5. The van der Waals surface area contributed by atoms with Crippen LogP contribution in [0.25, 0.3) is 4.85 Å². The number of amides is 1. The highest BCUT2D eigenvalue weighted by Gasteiger charge is 2.32. The Kier molecular flexibility index (Phi) is 9.72. The predicted octanol–water partition coefficient (Wildman–Crippen LogP) is 2.45. The van der Waals surface area contributed by atoms with E-state index >= 15 is 0 Å². The Bertz CT molecular complexity index is 278. The van der Waals surface area contributed by atoms with Gasteiger partial charge in [-0.2, -0.15) is 0 Å². The molecule has 1 heterocycles. The van der Waals surface area contributed by atoms with E-state index in [1.54, 1.807) is 4.90 Å². The van der Waals surface area contributed by atoms with Gasteiger partial charge in [0.1, 0.15) is 0 Å². The van der Waals surface area contributed by atoms with Gasteiger partial charge < -0.3 is 5.32 Å². The maximum atomic E-state index is 11.8. The average Bonchev–Trinajstić information content (AvgIpc) is 2.81. The lowest BCUT2D eigenvalue weighted by Crippen LogP contribution is -2.40. The molecule has 104 valence electrons. The maximum absolute atomic E-state index is 11.8. The first-order valence-corrected chi connectivity index (χ1v) is 6.66. The number of unbranched alkanes of at least 4 members (excludes halogenated alkanes) is 3. The van der Waals surface area contributed by atoms with Crippen LogP contribution < -0.4 is 5.32 Å². The third-order valence-electron chi connectivity index (χ3n) is 3.17. The van der Waals surface area contributed by atoms with Crippen molar-refractivity contribution in [1.82, 2.24) is 10.2 Å². The van der Waals surface area contributed by atoms with Crippen LogP contribution in [0.3, 0.4) is 0 Å². The number of hydrogen-bond acceptors (Lipinski definition) is 2. The van der Waals surface area contributed by atoms with Gasteiger partial charge in [-0.3, -0.25) is 14.5 Å². The average molecular weight is 274 g/mol. The van der Waals surface area contributed by atoms with Crippen molar-refractivity contribution in [3.63, 3.8) is 0 Å². The minimum Gasteiger partial charge on any atom is -0.308 e. The van der Waals surface area contributed by atoms with Crippen molar-refractivity contribution in [2.75, 3.05) is 19.6 Å². The van der Waals surface area contributed by atoms with Crippen molar-refractivity contribution >= 4 is 18.3 Å². The molecule has 1 aliphatic rings. The zero-order valence-electron chi connectivity index (χ0n) is 11.2. The lowest BCUT2D eigenvalue weighted by atomic mass is 10.2. The predicted molar refractivity (Wildman–Crippen MR) is 75.6 cm³/mol. The molecule has 1 N–H and O–H groups in total. The Hall–Kier alpha value is -0.790. The molecule has 0 aromatic rings. The van der Waals surface area contributed by atoms with E-state index in [-0.39, 0.29) is 24.5 Å². The Morgan fingerprint density at radius 3 is 2.89 bits per heavy atom. The van der Waals surface area contributed by atoms with Crippen LogP contribution in [0.2, 0.25) is 0 Å². The summed E-state index contributed by atoms with van der Waals surface area (Å²) < 4.78 is 0. The molecule has 5 heteroatoms. The van der Waals surface area contributed by atoms with Gasteiger partial charge in [-0.25, -0.2) is 6.57 Å². The molecule has 0 bridgehead atoms. The van der Waals surface area contributed by atoms with Crippen LogP contribution in [0, 0.1) is 6.57 Å². The number of hydrogen-bond donors (Lipinski definition) is 1. The molecule has 0 aromatic carbocycles. The molecule has 18 heavy (non-hydrogen) atoms. The highest BCUT2D eigenvalue weighted by atomic mass is 35.5. The molecule has 1 saturated heterocycles. The maximum Gasteiger partial charge on any atom is 0.300 e. The van der Waals surface area contributed by atoms with Crippen LogP contribution in [-0.4, -0.2) is 36.6 Å². The van der Waals surface area contributed by atoms with Gasteiger partial charge in [0.15, 0.2) is 0 Å². The minimum absolute atomic E-state index is 0. The molecule has 1 fully saturated rings. The standard InChI is InChI=1S/C13H23N3O.ClH/c1-3-4-5-6-9-15-11-13(17)16-10-7-8-12(16)14-2;/h12,15H,3-11H2,1H3;1H/t12-;/m0./s1. The second-order valence-corrected chi connectivity index (χ2v) is 4.58. The normalized spacial score (nSPS) is 18.2. The van der Waals surface area contributed by atoms with Gasteiger partial charge in [-0.15, -0.1) is 12.4 Å². The van der Waals surface area contributed by atoms with Crippen molar-refractivity contribution in [2.24, 2.45) is 0 Å². The van der Waals surface area contributed by atoms with Gasteiger partial charge in [0.25, 0.3) is 0 Å². The van der Waals surface area contributed by atoms with Gasteiger partial charge in [-0.1, -0.05) is 26.2 Å². The van der Waals surface area contributed by atoms with E-state index in [0.717, 1.165) is 32.4 Å². The third kappa shape index (κ3) is 5.70. The highest BCUT2D eigenvalue weighted by Crippen LogP contribution is 2.17. The van der Waals surface area contributed by atoms with Gasteiger partial charge >= 0.3 is 6.17 Å². The largest absolute Gasteiger partial charge is 0.308 e. The van der Waals surface area contributed by atoms with Crippen molar-refractivity contribution in [1.29, 1.82) is 0 Å². The Morgan fingerprint density at radius 2 is 2.22 bits per heavy atom. The van der Waals surface area contributed by atoms with Crippen LogP contribution >= 0.6 is 12.4 Å². The first-order valence-electron chi connectivity index (χ1n) is 6.66. The lowest BCUT2D eigenvalue weighted by Gasteiger charge is -2.16. The summed E-state index contributed by atoms with van der Waals surface area (Å²) in [5, 5.41) is 3.17. The van der Waals surface area contributed by atoms with Crippen LogP contribution in [0.1, 0.15) is 45.4 Å². The Labute approximate surface area is 116 Å². The fourth-order valence-electron chi connectivity index (χ4n) is 2.15. The van der Waals surface area contributed by atoms with E-state index in [0.29, 0.717) is 6.54 Å². The summed E-state index contributed by atoms with van der Waals surface area (Å²) >= 11 is 0. The van der Waals surface area contributed by atoms with Gasteiger partial charge in [0.2, 0.25) is 5.91 Å². The topological polar surface area (TPSA) is 36.7 Å². The molecule has 1 aliphatic heterocycles. The summed E-state index contributed by atoms with van der Waals surface area (Å²) in [6, 6.07) is 0. The fourth-order valence-corrected chi connectivity index (χ4v) is 2.15. The number of carbonyl (C=O) groups excluding carboxylic acids is 1. The van der Waals surface area contributed by atoms with E-state index in [1.165, 1.54) is 19.3 Å². The first-order chi connectivity index (χ1) is 8.29. The monoisotopic (exact) mass is 273 g/mol. The highest BCUT2D eigenvalue weighted by molar-refractivity contribution is 5.85. The van der Waals surface area contributed by atoms with Crippen molar-refractivity contribution in [3.8, 4) is 0 Å². The molecule has 1 atom stereocenters. The van der Waals surface area contributed by atoms with Crippen molar-refractivity contribution in [2.45, 2.75) is 51.6 Å². The Balaban J connectivity index is 0.00000289. The summed E-state index contributed by atoms with van der Waals surface area (Å²) in [7, 11) is 0. The molecular formula is C13H24ClN3O. The SMILES string of the molecule is Cl.[C-]#[N+][C@@H]1CCCN1C(=O)CNCCCCCC. The first kappa shape index (κ1) is 17.2. The van der Waals surface area contributed by atoms with Gasteiger partial charge in [-0.05, 0) is 19.4 Å². The summed E-state index contributed by atoms with van der Waals surface area (Å²) in [5.74, 6) is 0.0824. The molecule has 1 rings (SSSR count). The van der Waals surface area contributed by atoms with Gasteiger partial charge in [0.05, 0.1) is 6.54 Å². The number of nitrogens with one attached hydrogen (secondary N) is 1. The van der Waals surface area contributed by atoms with Crippen LogP contribution in [0.5, 0.6) is 0 Å². The molecule has 0 radical (unpaired) electrons. The number of rotatable bonds is 7. The quantitative estimate of drug-likeness (QED) is 0.571. The van der Waals surface area contributed by atoms with Crippen molar-refractivity contribution < 1.29 is 4.79 Å². The van der Waals surface area contributed by atoms with E-state index in [4.69, 9.17) is 6.57 Å². The molecule has 0 aliphatic carbocycles. The van der Waals surface area contributed by atoms with Crippen LogP contribution in [0.4, 0.5) is 0 Å². The summed E-state index contributed by atoms with van der Waals surface area (Å²) in [4.78, 5) is 17.0. The third-order valence-corrected chi connectivity index (χ3v) is 3.17. The number of nitrogens with zero attached hydrogens (tertiary/aromatic N) is 2. The number of carbonyl (C=O) groups is 1. The molecule has 0 saturated carbocycles. The second-order valence-electron chi connectivity index (χ2n) is 4.58. The molecule has 0 aromatic heterocycles. The van der Waals surface area contributed by atoms with Gasteiger partial charge in [0, 0.05) is 13.0 Å². The van der Waals surface area contributed by atoms with E-state index < -0.39 is 0 Å². The second kappa shape index (κ2) is 10.2. The lowest BCUT2D eigenvalue weighted by molar-refractivity contribution is -0.130. The molecule has 0 unspecified atom stereocenters. The number of likely N-dealkylation sites (tertiary alicyclic amines) is 1. The van der Waals surface area contributed by atoms with E-state index in [1.807, 2.05) is 0 Å². The summed E-state index contributed by atoms with van der Waals surface area (Å²) in [6.07, 6.45) is 6.46. The van der Waals surface area contributed by atoms with E-state index in [9.17, 15) is 4.79 Å². The molecule has 0 spiro atoms. The summed E-state index contributed by atoms with van der Waals surface area (Å²) in [5.41, 5.74) is 0. The van der Waals surface area contributed by atoms with Crippen LogP contribution in [-0.2, 0) is 4.79 Å². The molecule has 1 amide bonds. The number of halogens is 1. The fraction of sp³-hybridized carbons (Fsp3) is 0.846. The molecular weight excluding hydrogens is 250 g/mol. The molecule has 4 nitrogen and oxygen atoms in total.